The Bertz CT molecular complexity index is 740. The molecule has 1 amide bonds. The van der Waals surface area contributed by atoms with Gasteiger partial charge in [0.15, 0.2) is 11.5 Å². The Morgan fingerprint density at radius 1 is 1.08 bits per heavy atom. The number of benzene rings is 2. The van der Waals surface area contributed by atoms with Crippen molar-refractivity contribution in [3.63, 3.8) is 0 Å². The summed E-state index contributed by atoms with van der Waals surface area (Å²) in [5.74, 6) is 1.11. The number of hydrogen-bond donors (Lipinski definition) is 1. The number of hydrogen-bond acceptors (Lipinski definition) is 4. The number of amides is 1. The fraction of sp³-hybridized carbons (Fsp3) is 0.235. The van der Waals surface area contributed by atoms with Crippen molar-refractivity contribution in [3.8, 4) is 11.5 Å². The molecular weight excluding hydrogens is 369 g/mol. The highest BCUT2D eigenvalue weighted by atomic mass is 35.5. The van der Waals surface area contributed by atoms with E-state index in [1.165, 1.54) is 11.8 Å². The summed E-state index contributed by atoms with van der Waals surface area (Å²) < 4.78 is 10.5. The molecule has 0 aliphatic carbocycles. The largest absolute Gasteiger partial charge is 0.493 e. The number of nitrogens with one attached hydrogen (secondary N) is 1. The molecule has 1 unspecified atom stereocenters. The molecule has 0 heterocycles. The van der Waals surface area contributed by atoms with Gasteiger partial charge in [0, 0.05) is 9.92 Å². The van der Waals surface area contributed by atoms with Gasteiger partial charge in [-0.05, 0) is 43.3 Å². The Kier molecular flexibility index (Phi) is 6.66. The summed E-state index contributed by atoms with van der Waals surface area (Å²) in [6.45, 7) is 1.82. The number of anilines is 1. The third kappa shape index (κ3) is 4.72. The molecule has 2 aromatic rings. The molecule has 0 fully saturated rings. The quantitative estimate of drug-likeness (QED) is 0.700. The predicted molar refractivity (Wildman–Crippen MR) is 100.0 cm³/mol. The first-order valence-corrected chi connectivity index (χ1v) is 8.72. The zero-order valence-electron chi connectivity index (χ0n) is 13.4. The highest BCUT2D eigenvalue weighted by molar-refractivity contribution is 8.00. The van der Waals surface area contributed by atoms with Gasteiger partial charge in [0.2, 0.25) is 5.91 Å². The van der Waals surface area contributed by atoms with Gasteiger partial charge in [0.05, 0.1) is 30.2 Å². The van der Waals surface area contributed by atoms with Gasteiger partial charge >= 0.3 is 0 Å². The molecule has 0 radical (unpaired) electrons. The maximum absolute atomic E-state index is 12.4. The van der Waals surface area contributed by atoms with Crippen molar-refractivity contribution in [2.75, 3.05) is 19.5 Å². The van der Waals surface area contributed by atoms with Crippen LogP contribution in [0.5, 0.6) is 11.5 Å². The van der Waals surface area contributed by atoms with Crippen LogP contribution in [0.25, 0.3) is 0 Å². The zero-order valence-corrected chi connectivity index (χ0v) is 15.8. The average Bonchev–Trinajstić information content (AvgIpc) is 2.57. The normalized spacial score (nSPS) is 11.7. The van der Waals surface area contributed by atoms with Crippen molar-refractivity contribution < 1.29 is 14.3 Å². The third-order valence-corrected chi connectivity index (χ3v) is 4.87. The van der Waals surface area contributed by atoms with Gasteiger partial charge in [0.25, 0.3) is 0 Å². The van der Waals surface area contributed by atoms with Crippen LogP contribution in [-0.2, 0) is 4.79 Å². The van der Waals surface area contributed by atoms with Crippen LogP contribution in [0.2, 0.25) is 10.0 Å². The Balaban J connectivity index is 2.06. The lowest BCUT2D eigenvalue weighted by Crippen LogP contribution is -2.22. The Labute approximate surface area is 155 Å². The van der Waals surface area contributed by atoms with Gasteiger partial charge in [-0.15, -0.1) is 11.8 Å². The summed E-state index contributed by atoms with van der Waals surface area (Å²) in [5, 5.41) is 3.40. The Morgan fingerprint density at radius 3 is 2.42 bits per heavy atom. The summed E-state index contributed by atoms with van der Waals surface area (Å²) >= 11 is 13.3. The first kappa shape index (κ1) is 18.8. The van der Waals surface area contributed by atoms with Crippen molar-refractivity contribution in [3.05, 3.63) is 46.4 Å². The minimum Gasteiger partial charge on any atom is -0.493 e. The van der Waals surface area contributed by atoms with Crippen LogP contribution in [-0.4, -0.2) is 25.4 Å². The predicted octanol–water partition coefficient (Wildman–Crippen LogP) is 5.13. The van der Waals surface area contributed by atoms with Crippen LogP contribution in [0.1, 0.15) is 6.92 Å². The van der Waals surface area contributed by atoms with E-state index in [0.29, 0.717) is 27.2 Å². The van der Waals surface area contributed by atoms with E-state index < -0.39 is 0 Å². The van der Waals surface area contributed by atoms with E-state index in [9.17, 15) is 4.79 Å². The molecular formula is C17H17Cl2NO3S. The van der Waals surface area contributed by atoms with Crippen molar-refractivity contribution in [1.82, 2.24) is 0 Å². The van der Waals surface area contributed by atoms with Gasteiger partial charge in [0.1, 0.15) is 0 Å². The van der Waals surface area contributed by atoms with Crippen LogP contribution in [0.4, 0.5) is 5.69 Å². The molecule has 0 bridgehead atoms. The summed E-state index contributed by atoms with van der Waals surface area (Å²) in [7, 11) is 3.15. The Morgan fingerprint density at radius 2 is 1.79 bits per heavy atom. The van der Waals surface area contributed by atoms with Gasteiger partial charge in [-0.25, -0.2) is 0 Å². The third-order valence-electron chi connectivity index (χ3n) is 3.23. The molecule has 0 saturated heterocycles. The lowest BCUT2D eigenvalue weighted by molar-refractivity contribution is -0.115. The van der Waals surface area contributed by atoms with E-state index in [2.05, 4.69) is 5.32 Å². The van der Waals surface area contributed by atoms with Crippen molar-refractivity contribution in [2.24, 2.45) is 0 Å². The van der Waals surface area contributed by atoms with Gasteiger partial charge in [-0.3, -0.25) is 4.79 Å². The molecule has 0 saturated carbocycles. The van der Waals surface area contributed by atoms with Crippen LogP contribution < -0.4 is 14.8 Å². The van der Waals surface area contributed by atoms with E-state index in [-0.39, 0.29) is 11.2 Å². The SMILES string of the molecule is COc1ccc(SC(C)C(=O)Nc2ccc(Cl)cc2Cl)cc1OC. The molecule has 1 N–H and O–H groups in total. The molecule has 0 spiro atoms. The lowest BCUT2D eigenvalue weighted by atomic mass is 10.3. The van der Waals surface area contributed by atoms with Gasteiger partial charge in [-0.2, -0.15) is 0 Å². The van der Waals surface area contributed by atoms with Crippen LogP contribution in [0.15, 0.2) is 41.3 Å². The van der Waals surface area contributed by atoms with E-state index in [0.717, 1.165) is 4.90 Å². The number of rotatable bonds is 6. The fourth-order valence-electron chi connectivity index (χ4n) is 1.97. The van der Waals surface area contributed by atoms with Crippen molar-refractivity contribution in [1.29, 1.82) is 0 Å². The summed E-state index contributed by atoms with van der Waals surface area (Å²) in [6, 6.07) is 10.5. The van der Waals surface area contributed by atoms with E-state index in [1.54, 1.807) is 32.4 Å². The van der Waals surface area contributed by atoms with E-state index in [4.69, 9.17) is 32.7 Å². The van der Waals surface area contributed by atoms with Gasteiger partial charge in [-0.1, -0.05) is 23.2 Å². The molecule has 2 aromatic carbocycles. The summed E-state index contributed by atoms with van der Waals surface area (Å²) in [4.78, 5) is 13.3. The number of ether oxygens (including phenoxy) is 2. The van der Waals surface area contributed by atoms with Crippen LogP contribution >= 0.6 is 35.0 Å². The number of carbonyl (C=O) groups is 1. The summed E-state index contributed by atoms with van der Waals surface area (Å²) in [6.07, 6.45) is 0. The fourth-order valence-corrected chi connectivity index (χ4v) is 3.32. The molecule has 24 heavy (non-hydrogen) atoms. The van der Waals surface area contributed by atoms with E-state index in [1.807, 2.05) is 25.1 Å². The van der Waals surface area contributed by atoms with Crippen molar-refractivity contribution >= 4 is 46.6 Å². The molecule has 1 atom stereocenters. The minimum absolute atomic E-state index is 0.154. The second kappa shape index (κ2) is 8.51. The number of thioether (sulfide) groups is 1. The minimum atomic E-state index is -0.324. The molecule has 4 nitrogen and oxygen atoms in total. The number of methoxy groups -OCH3 is 2. The Hall–Kier alpha value is -1.56. The maximum Gasteiger partial charge on any atom is 0.237 e. The molecule has 128 valence electrons. The molecule has 0 aliphatic heterocycles. The van der Waals surface area contributed by atoms with Gasteiger partial charge < -0.3 is 14.8 Å². The highest BCUT2D eigenvalue weighted by Crippen LogP contribution is 2.34. The number of carbonyl (C=O) groups excluding carboxylic acids is 1. The second-order valence-electron chi connectivity index (χ2n) is 4.89. The molecule has 0 aliphatic rings. The van der Waals surface area contributed by atoms with E-state index >= 15 is 0 Å². The smallest absolute Gasteiger partial charge is 0.237 e. The molecule has 7 heteroatoms. The second-order valence-corrected chi connectivity index (χ2v) is 7.15. The maximum atomic E-state index is 12.4. The monoisotopic (exact) mass is 385 g/mol. The lowest BCUT2D eigenvalue weighted by Gasteiger charge is -2.14. The first-order chi connectivity index (χ1) is 11.4. The topological polar surface area (TPSA) is 47.6 Å². The zero-order chi connectivity index (χ0) is 17.7. The first-order valence-electron chi connectivity index (χ1n) is 7.09. The highest BCUT2D eigenvalue weighted by Gasteiger charge is 2.17. The van der Waals surface area contributed by atoms with Crippen molar-refractivity contribution in [2.45, 2.75) is 17.1 Å². The van der Waals surface area contributed by atoms with Crippen LogP contribution in [0, 0.1) is 0 Å². The number of halogens is 2. The standard InChI is InChI=1S/C17H17Cl2NO3S/c1-10(17(21)20-14-6-4-11(18)8-13(14)19)24-12-5-7-15(22-2)16(9-12)23-3/h4-10H,1-3H3,(H,20,21). The molecule has 2 rings (SSSR count). The average molecular weight is 386 g/mol. The summed E-state index contributed by atoms with van der Waals surface area (Å²) in [5.41, 5.74) is 0.533. The van der Waals surface area contributed by atoms with Crippen LogP contribution in [0.3, 0.4) is 0 Å². The molecule has 0 aromatic heterocycles.